The number of benzene rings is 1. The first-order chi connectivity index (χ1) is 8.20. The van der Waals surface area contributed by atoms with Crippen molar-refractivity contribution in [2.24, 2.45) is 11.7 Å². The number of para-hydroxylation sites is 1. The molecule has 1 aliphatic heterocycles. The quantitative estimate of drug-likeness (QED) is 0.809. The summed E-state index contributed by atoms with van der Waals surface area (Å²) in [6, 6.07) is 7.85. The van der Waals surface area contributed by atoms with Crippen LogP contribution in [0.3, 0.4) is 0 Å². The van der Waals surface area contributed by atoms with E-state index in [1.807, 2.05) is 31.2 Å². The monoisotopic (exact) mass is 234 g/mol. The van der Waals surface area contributed by atoms with Crippen molar-refractivity contribution < 1.29 is 9.53 Å². The van der Waals surface area contributed by atoms with Crippen molar-refractivity contribution in [3.8, 4) is 5.75 Å². The number of amides is 1. The minimum atomic E-state index is -0.112. The number of nitrogens with one attached hydrogen (secondary N) is 1. The molecule has 92 valence electrons. The van der Waals surface area contributed by atoms with Crippen LogP contribution in [0, 0.1) is 5.92 Å². The van der Waals surface area contributed by atoms with Gasteiger partial charge in [0, 0.05) is 12.6 Å². The summed E-state index contributed by atoms with van der Waals surface area (Å²) >= 11 is 0. The van der Waals surface area contributed by atoms with Crippen molar-refractivity contribution in [3.63, 3.8) is 0 Å². The molecule has 0 radical (unpaired) electrons. The molecule has 17 heavy (non-hydrogen) atoms. The summed E-state index contributed by atoms with van der Waals surface area (Å²) in [5.41, 5.74) is 6.58. The van der Waals surface area contributed by atoms with Crippen LogP contribution >= 0.6 is 0 Å². The van der Waals surface area contributed by atoms with Crippen molar-refractivity contribution in [1.82, 2.24) is 5.32 Å². The molecule has 1 amide bonds. The van der Waals surface area contributed by atoms with E-state index in [1.54, 1.807) is 0 Å². The van der Waals surface area contributed by atoms with Crippen molar-refractivity contribution in [2.75, 3.05) is 13.2 Å². The van der Waals surface area contributed by atoms with Crippen LogP contribution in [0.1, 0.15) is 12.5 Å². The van der Waals surface area contributed by atoms with Gasteiger partial charge in [-0.1, -0.05) is 18.2 Å². The Labute approximate surface area is 101 Å². The van der Waals surface area contributed by atoms with E-state index in [9.17, 15) is 4.79 Å². The second-order valence-corrected chi connectivity index (χ2v) is 4.47. The van der Waals surface area contributed by atoms with Gasteiger partial charge in [-0.15, -0.1) is 0 Å². The normalized spacial score (nSPS) is 20.0. The molecule has 1 unspecified atom stereocenters. The van der Waals surface area contributed by atoms with Gasteiger partial charge in [0.25, 0.3) is 0 Å². The Morgan fingerprint density at radius 3 is 3.12 bits per heavy atom. The fraction of sp³-hybridized carbons (Fsp3) is 0.462. The molecule has 4 heteroatoms. The van der Waals surface area contributed by atoms with Crippen LogP contribution in [0.25, 0.3) is 0 Å². The van der Waals surface area contributed by atoms with Gasteiger partial charge in [-0.25, -0.2) is 0 Å². The fourth-order valence-electron chi connectivity index (χ4n) is 1.92. The molecule has 0 aliphatic carbocycles. The van der Waals surface area contributed by atoms with E-state index < -0.39 is 0 Å². The van der Waals surface area contributed by atoms with Crippen LogP contribution in [0.15, 0.2) is 24.3 Å². The first-order valence-electron chi connectivity index (χ1n) is 5.92. The standard InChI is InChI=1S/C13H18N2O2/c1-9(7-14)15-13(16)11-6-10-4-2-3-5-12(10)17-8-11/h2-5,9,11H,6-8,14H2,1H3,(H,15,16)/t9-,11?/m0/s1. The highest BCUT2D eigenvalue weighted by Gasteiger charge is 2.26. The average Bonchev–Trinajstić information content (AvgIpc) is 2.38. The third-order valence-corrected chi connectivity index (χ3v) is 2.99. The highest BCUT2D eigenvalue weighted by molar-refractivity contribution is 5.79. The fourth-order valence-corrected chi connectivity index (χ4v) is 1.92. The van der Waals surface area contributed by atoms with E-state index in [4.69, 9.17) is 10.5 Å². The maximum absolute atomic E-state index is 11.9. The Hall–Kier alpha value is -1.55. The largest absolute Gasteiger partial charge is 0.492 e. The predicted molar refractivity (Wildman–Crippen MR) is 65.8 cm³/mol. The summed E-state index contributed by atoms with van der Waals surface area (Å²) < 4.78 is 5.58. The highest BCUT2D eigenvalue weighted by atomic mass is 16.5. The van der Waals surface area contributed by atoms with Crippen molar-refractivity contribution in [1.29, 1.82) is 0 Å². The molecule has 1 aromatic carbocycles. The van der Waals surface area contributed by atoms with Crippen LogP contribution < -0.4 is 15.8 Å². The Morgan fingerprint density at radius 1 is 1.59 bits per heavy atom. The Balaban J connectivity index is 2.00. The van der Waals surface area contributed by atoms with Crippen LogP contribution in [0.2, 0.25) is 0 Å². The lowest BCUT2D eigenvalue weighted by atomic mass is 9.96. The molecule has 3 N–H and O–H groups in total. The van der Waals surface area contributed by atoms with Crippen molar-refractivity contribution >= 4 is 5.91 Å². The van der Waals surface area contributed by atoms with Gasteiger partial charge >= 0.3 is 0 Å². The molecule has 4 nitrogen and oxygen atoms in total. The summed E-state index contributed by atoms with van der Waals surface area (Å²) in [6.07, 6.45) is 0.735. The molecule has 1 aliphatic rings. The number of fused-ring (bicyclic) bond motifs is 1. The summed E-state index contributed by atoms with van der Waals surface area (Å²) in [6.45, 7) is 2.80. The molecule has 1 heterocycles. The van der Waals surface area contributed by atoms with E-state index in [0.29, 0.717) is 13.2 Å². The van der Waals surface area contributed by atoms with Gasteiger partial charge in [-0.3, -0.25) is 4.79 Å². The van der Waals surface area contributed by atoms with Gasteiger partial charge in [0.2, 0.25) is 5.91 Å². The first-order valence-corrected chi connectivity index (χ1v) is 5.92. The third-order valence-electron chi connectivity index (χ3n) is 2.99. The minimum absolute atomic E-state index is 0.0136. The zero-order chi connectivity index (χ0) is 12.3. The average molecular weight is 234 g/mol. The topological polar surface area (TPSA) is 64.3 Å². The maximum atomic E-state index is 11.9. The predicted octanol–water partition coefficient (Wildman–Crippen LogP) is 0.701. The van der Waals surface area contributed by atoms with Crippen LogP contribution in [0.4, 0.5) is 0 Å². The molecule has 0 bridgehead atoms. The van der Waals surface area contributed by atoms with E-state index in [2.05, 4.69) is 5.32 Å². The lowest BCUT2D eigenvalue weighted by Crippen LogP contribution is -2.44. The maximum Gasteiger partial charge on any atom is 0.227 e. The van der Waals surface area contributed by atoms with Crippen molar-refractivity contribution in [2.45, 2.75) is 19.4 Å². The summed E-state index contributed by atoms with van der Waals surface area (Å²) in [5, 5.41) is 2.89. The van der Waals surface area contributed by atoms with Gasteiger partial charge < -0.3 is 15.8 Å². The summed E-state index contributed by atoms with van der Waals surface area (Å²) in [4.78, 5) is 11.9. The van der Waals surface area contributed by atoms with Gasteiger partial charge in [-0.05, 0) is 25.0 Å². The molecular formula is C13H18N2O2. The molecule has 0 aromatic heterocycles. The summed E-state index contributed by atoms with van der Waals surface area (Å²) in [7, 11) is 0. The zero-order valence-corrected chi connectivity index (χ0v) is 9.98. The summed E-state index contributed by atoms with van der Waals surface area (Å²) in [5.74, 6) is 0.805. The number of ether oxygens (including phenoxy) is 1. The Bertz CT molecular complexity index is 406. The Morgan fingerprint density at radius 2 is 2.35 bits per heavy atom. The highest BCUT2D eigenvalue weighted by Crippen LogP contribution is 2.26. The number of rotatable bonds is 3. The smallest absolute Gasteiger partial charge is 0.227 e. The number of nitrogens with two attached hydrogens (primary N) is 1. The number of hydrogen-bond donors (Lipinski definition) is 2. The second kappa shape index (κ2) is 5.19. The molecule has 1 aromatic rings. The molecule has 0 saturated heterocycles. The Kier molecular flexibility index (Phi) is 3.64. The van der Waals surface area contributed by atoms with E-state index >= 15 is 0 Å². The zero-order valence-electron chi connectivity index (χ0n) is 9.98. The SMILES string of the molecule is C[C@@H](CN)NC(=O)C1COc2ccccc2C1. The number of carbonyl (C=O) groups is 1. The number of carbonyl (C=O) groups excluding carboxylic acids is 1. The molecule has 0 spiro atoms. The first kappa shape index (κ1) is 11.9. The van der Waals surface area contributed by atoms with E-state index in [0.717, 1.165) is 17.7 Å². The van der Waals surface area contributed by atoms with Crippen LogP contribution in [-0.4, -0.2) is 25.1 Å². The molecule has 2 atom stereocenters. The molecule has 0 fully saturated rings. The van der Waals surface area contributed by atoms with E-state index in [-0.39, 0.29) is 17.9 Å². The molecular weight excluding hydrogens is 216 g/mol. The number of hydrogen-bond acceptors (Lipinski definition) is 3. The molecule has 2 rings (SSSR count). The van der Waals surface area contributed by atoms with Crippen molar-refractivity contribution in [3.05, 3.63) is 29.8 Å². The van der Waals surface area contributed by atoms with Gasteiger partial charge in [0.1, 0.15) is 12.4 Å². The molecule has 0 saturated carbocycles. The van der Waals surface area contributed by atoms with Gasteiger partial charge in [0.15, 0.2) is 0 Å². The lowest BCUT2D eigenvalue weighted by molar-refractivity contribution is -0.126. The second-order valence-electron chi connectivity index (χ2n) is 4.47. The van der Waals surface area contributed by atoms with Crippen LogP contribution in [-0.2, 0) is 11.2 Å². The third kappa shape index (κ3) is 2.77. The lowest BCUT2D eigenvalue weighted by Gasteiger charge is -2.25. The minimum Gasteiger partial charge on any atom is -0.492 e. The van der Waals surface area contributed by atoms with Crippen LogP contribution in [0.5, 0.6) is 5.75 Å². The van der Waals surface area contributed by atoms with Gasteiger partial charge in [0.05, 0.1) is 5.92 Å². The van der Waals surface area contributed by atoms with E-state index in [1.165, 1.54) is 0 Å². The van der Waals surface area contributed by atoms with Gasteiger partial charge in [-0.2, -0.15) is 0 Å².